The van der Waals surface area contributed by atoms with Crippen LogP contribution >= 0.6 is 0 Å². The number of fused-ring (bicyclic) bond motifs is 1. The third kappa shape index (κ3) is 2.72. The van der Waals surface area contributed by atoms with Crippen molar-refractivity contribution in [1.29, 1.82) is 0 Å². The van der Waals surface area contributed by atoms with E-state index in [2.05, 4.69) is 5.10 Å². The van der Waals surface area contributed by atoms with Crippen LogP contribution in [0.2, 0.25) is 0 Å². The molecule has 0 aliphatic heterocycles. The van der Waals surface area contributed by atoms with E-state index in [0.717, 1.165) is 10.9 Å². The highest BCUT2D eigenvalue weighted by Crippen LogP contribution is 2.33. The van der Waals surface area contributed by atoms with Crippen molar-refractivity contribution in [2.45, 2.75) is 0 Å². The van der Waals surface area contributed by atoms with Crippen molar-refractivity contribution in [3.05, 3.63) is 84.6 Å². The number of aromatic carboxylic acids is 1. The molecular formula is C20H14N2O3. The van der Waals surface area contributed by atoms with Gasteiger partial charge in [-0.1, -0.05) is 42.5 Å². The zero-order valence-electron chi connectivity index (χ0n) is 13.2. The lowest BCUT2D eigenvalue weighted by Crippen LogP contribution is -2.06. The summed E-state index contributed by atoms with van der Waals surface area (Å²) in [4.78, 5) is 11.7. The van der Waals surface area contributed by atoms with Crippen molar-refractivity contribution < 1.29 is 14.6 Å². The molecule has 3 aromatic carbocycles. The summed E-state index contributed by atoms with van der Waals surface area (Å²) >= 11 is 0. The molecule has 0 radical (unpaired) electrons. The first-order valence-corrected chi connectivity index (χ1v) is 7.76. The van der Waals surface area contributed by atoms with E-state index in [0.29, 0.717) is 11.4 Å². The van der Waals surface area contributed by atoms with Gasteiger partial charge in [0.05, 0.1) is 11.7 Å². The van der Waals surface area contributed by atoms with Gasteiger partial charge in [0.2, 0.25) is 0 Å². The fraction of sp³-hybridized carbons (Fsp3) is 0. The summed E-state index contributed by atoms with van der Waals surface area (Å²) in [5.74, 6) is -0.229. The first kappa shape index (κ1) is 15.0. The van der Waals surface area contributed by atoms with E-state index in [1.54, 1.807) is 35.1 Å². The smallest absolute Gasteiger partial charge is 0.339 e. The minimum atomic E-state index is -1.05. The predicted octanol–water partition coefficient (Wildman–Crippen LogP) is 4.52. The van der Waals surface area contributed by atoms with Crippen LogP contribution < -0.4 is 4.74 Å². The largest absolute Gasteiger partial charge is 0.478 e. The first-order chi connectivity index (χ1) is 12.2. The third-order valence-corrected chi connectivity index (χ3v) is 3.89. The van der Waals surface area contributed by atoms with Crippen molar-refractivity contribution in [3.63, 3.8) is 0 Å². The number of hydrogen-bond donors (Lipinski definition) is 1. The Labute approximate surface area is 143 Å². The average Bonchev–Trinajstić information content (AvgIpc) is 3.06. The maximum absolute atomic E-state index is 11.7. The Hall–Kier alpha value is -3.60. The number of carbonyl (C=O) groups is 1. The lowest BCUT2D eigenvalue weighted by Gasteiger charge is -2.14. The molecule has 1 aromatic heterocycles. The van der Waals surface area contributed by atoms with Gasteiger partial charge in [-0.3, -0.25) is 0 Å². The number of carboxylic acids is 1. The van der Waals surface area contributed by atoms with Crippen LogP contribution in [0.5, 0.6) is 11.5 Å². The summed E-state index contributed by atoms with van der Waals surface area (Å²) < 4.78 is 7.63. The Bertz CT molecular complexity index is 1050. The van der Waals surface area contributed by atoms with Crippen LogP contribution in [0.1, 0.15) is 10.4 Å². The van der Waals surface area contributed by atoms with Gasteiger partial charge in [0.1, 0.15) is 17.0 Å². The standard InChI is InChI=1S/C20H14N2O3/c23-20(24)16-10-6-12-18(19(16)25-15-8-2-1-3-9-15)22-17-11-5-4-7-14(17)13-21-22/h1-13H,(H,23,24). The maximum Gasteiger partial charge on any atom is 0.339 e. The number of carboxylic acid groups (broad SMARTS) is 1. The van der Waals surface area contributed by atoms with Gasteiger partial charge in [0, 0.05) is 5.39 Å². The fourth-order valence-corrected chi connectivity index (χ4v) is 2.74. The summed E-state index contributed by atoms with van der Waals surface area (Å²) in [6.07, 6.45) is 1.75. The lowest BCUT2D eigenvalue weighted by molar-refractivity contribution is 0.0694. The SMILES string of the molecule is O=C(O)c1cccc(-n2ncc3ccccc32)c1Oc1ccccc1. The summed E-state index contributed by atoms with van der Waals surface area (Å²) in [6, 6.07) is 21.9. The Morgan fingerprint density at radius 3 is 2.48 bits per heavy atom. The second-order valence-electron chi connectivity index (χ2n) is 5.49. The molecule has 0 aliphatic carbocycles. The molecule has 0 fully saturated rings. The number of para-hydroxylation sites is 3. The second kappa shape index (κ2) is 6.13. The van der Waals surface area contributed by atoms with Crippen molar-refractivity contribution in [2.75, 3.05) is 0 Å². The molecule has 25 heavy (non-hydrogen) atoms. The monoisotopic (exact) mass is 330 g/mol. The molecular weight excluding hydrogens is 316 g/mol. The van der Waals surface area contributed by atoms with Crippen LogP contribution in [0.3, 0.4) is 0 Å². The third-order valence-electron chi connectivity index (χ3n) is 3.89. The van der Waals surface area contributed by atoms with Crippen molar-refractivity contribution in [3.8, 4) is 17.2 Å². The Morgan fingerprint density at radius 1 is 0.920 bits per heavy atom. The predicted molar refractivity (Wildman–Crippen MR) is 94.5 cm³/mol. The van der Waals surface area contributed by atoms with Crippen LogP contribution in [0.15, 0.2) is 79.0 Å². The number of ether oxygens (including phenoxy) is 1. The van der Waals surface area contributed by atoms with E-state index >= 15 is 0 Å². The van der Waals surface area contributed by atoms with Gasteiger partial charge in [-0.15, -0.1) is 0 Å². The van der Waals surface area contributed by atoms with Gasteiger partial charge < -0.3 is 9.84 Å². The molecule has 5 heteroatoms. The topological polar surface area (TPSA) is 64.3 Å². The fourth-order valence-electron chi connectivity index (χ4n) is 2.74. The summed E-state index contributed by atoms with van der Waals surface area (Å²) in [5.41, 5.74) is 1.54. The molecule has 1 N–H and O–H groups in total. The van der Waals surface area contributed by atoms with E-state index in [1.807, 2.05) is 42.5 Å². The highest BCUT2D eigenvalue weighted by Gasteiger charge is 2.19. The Kier molecular flexibility index (Phi) is 3.67. The summed E-state index contributed by atoms with van der Waals surface area (Å²) in [6.45, 7) is 0. The normalized spacial score (nSPS) is 10.7. The van der Waals surface area contributed by atoms with E-state index < -0.39 is 5.97 Å². The van der Waals surface area contributed by atoms with Gasteiger partial charge >= 0.3 is 5.97 Å². The molecule has 0 spiro atoms. The molecule has 0 atom stereocenters. The molecule has 0 saturated heterocycles. The van der Waals surface area contributed by atoms with E-state index in [1.165, 1.54) is 6.07 Å². The highest BCUT2D eigenvalue weighted by molar-refractivity contribution is 5.93. The van der Waals surface area contributed by atoms with Crippen LogP contribution in [-0.2, 0) is 0 Å². The molecule has 5 nitrogen and oxygen atoms in total. The van der Waals surface area contributed by atoms with Gasteiger partial charge in [-0.25, -0.2) is 9.48 Å². The average molecular weight is 330 g/mol. The van der Waals surface area contributed by atoms with Crippen LogP contribution in [0.25, 0.3) is 16.6 Å². The number of benzene rings is 3. The van der Waals surface area contributed by atoms with E-state index in [9.17, 15) is 9.90 Å². The van der Waals surface area contributed by atoms with Crippen molar-refractivity contribution >= 4 is 16.9 Å². The lowest BCUT2D eigenvalue weighted by atomic mass is 10.1. The molecule has 4 rings (SSSR count). The molecule has 0 unspecified atom stereocenters. The molecule has 1 heterocycles. The van der Waals surface area contributed by atoms with Gasteiger partial charge in [0.25, 0.3) is 0 Å². The number of aromatic nitrogens is 2. The zero-order chi connectivity index (χ0) is 17.2. The molecule has 122 valence electrons. The highest BCUT2D eigenvalue weighted by atomic mass is 16.5. The van der Waals surface area contributed by atoms with Gasteiger partial charge in [-0.2, -0.15) is 5.10 Å². The quantitative estimate of drug-likeness (QED) is 0.598. The van der Waals surface area contributed by atoms with Crippen LogP contribution in [0.4, 0.5) is 0 Å². The zero-order valence-corrected chi connectivity index (χ0v) is 13.2. The van der Waals surface area contributed by atoms with Gasteiger partial charge in [0.15, 0.2) is 5.75 Å². The van der Waals surface area contributed by atoms with Gasteiger partial charge in [-0.05, 0) is 30.3 Å². The minimum Gasteiger partial charge on any atom is -0.478 e. The Balaban J connectivity index is 1.93. The second-order valence-corrected chi connectivity index (χ2v) is 5.49. The van der Waals surface area contributed by atoms with Crippen molar-refractivity contribution in [1.82, 2.24) is 9.78 Å². The van der Waals surface area contributed by atoms with Crippen LogP contribution in [-0.4, -0.2) is 20.9 Å². The van der Waals surface area contributed by atoms with E-state index in [-0.39, 0.29) is 11.3 Å². The van der Waals surface area contributed by atoms with Crippen LogP contribution in [0, 0.1) is 0 Å². The Morgan fingerprint density at radius 2 is 1.68 bits per heavy atom. The van der Waals surface area contributed by atoms with E-state index in [4.69, 9.17) is 4.74 Å². The summed E-state index contributed by atoms with van der Waals surface area (Å²) in [7, 11) is 0. The molecule has 0 amide bonds. The maximum atomic E-state index is 11.7. The number of nitrogens with zero attached hydrogens (tertiary/aromatic N) is 2. The summed E-state index contributed by atoms with van der Waals surface area (Å²) in [5, 5.41) is 14.9. The molecule has 0 bridgehead atoms. The number of hydrogen-bond acceptors (Lipinski definition) is 3. The molecule has 0 saturated carbocycles. The first-order valence-electron chi connectivity index (χ1n) is 7.76. The molecule has 4 aromatic rings. The van der Waals surface area contributed by atoms with Crippen molar-refractivity contribution in [2.24, 2.45) is 0 Å². The number of rotatable bonds is 4. The molecule has 0 aliphatic rings. The minimum absolute atomic E-state index is 0.0842.